The second kappa shape index (κ2) is 5.84. The van der Waals surface area contributed by atoms with Crippen LogP contribution in [0.25, 0.3) is 0 Å². The fraction of sp³-hybridized carbons (Fsp3) is 0.429. The second-order valence-corrected chi connectivity index (χ2v) is 4.68. The lowest BCUT2D eigenvalue weighted by atomic mass is 10.0. The molecule has 0 amide bonds. The van der Waals surface area contributed by atoms with Crippen molar-refractivity contribution < 1.29 is 9.37 Å². The fourth-order valence-electron chi connectivity index (χ4n) is 2.10. The average molecular weight is 261 g/mol. The predicted molar refractivity (Wildman–Crippen MR) is 72.0 cm³/mol. The molecule has 0 aliphatic heterocycles. The van der Waals surface area contributed by atoms with Gasteiger partial charge in [0, 0.05) is 0 Å². The van der Waals surface area contributed by atoms with Crippen LogP contribution in [0.5, 0.6) is 5.75 Å². The molecule has 0 unspecified atom stereocenters. The molecule has 2 aromatic rings. The molecule has 2 N–H and O–H groups in total. The van der Waals surface area contributed by atoms with Crippen molar-refractivity contribution in [1.29, 1.82) is 0 Å². The Kier molecular flexibility index (Phi) is 4.16. The molecule has 5 heteroatoms. The van der Waals surface area contributed by atoms with Gasteiger partial charge in [0.05, 0.1) is 0 Å². The molecule has 0 bridgehead atoms. The molecule has 0 aliphatic carbocycles. The SMILES string of the molecule is Cc1cc(CCN)cc(C)c1OCc1nonc1C. The van der Waals surface area contributed by atoms with Crippen molar-refractivity contribution in [3.8, 4) is 5.75 Å². The summed E-state index contributed by atoms with van der Waals surface area (Å²) in [7, 11) is 0. The summed E-state index contributed by atoms with van der Waals surface area (Å²) in [5, 5.41) is 7.54. The molecule has 0 radical (unpaired) electrons. The molecule has 1 heterocycles. The summed E-state index contributed by atoms with van der Waals surface area (Å²) in [6.45, 7) is 6.95. The Labute approximate surface area is 112 Å². The van der Waals surface area contributed by atoms with Gasteiger partial charge < -0.3 is 10.5 Å². The van der Waals surface area contributed by atoms with Gasteiger partial charge in [-0.1, -0.05) is 22.4 Å². The lowest BCUT2D eigenvalue weighted by Crippen LogP contribution is -2.05. The molecule has 1 aromatic heterocycles. The lowest BCUT2D eigenvalue weighted by Gasteiger charge is -2.13. The Morgan fingerprint density at radius 2 is 1.84 bits per heavy atom. The predicted octanol–water partition coefficient (Wildman–Crippen LogP) is 2.08. The minimum Gasteiger partial charge on any atom is -0.487 e. The van der Waals surface area contributed by atoms with Crippen molar-refractivity contribution >= 4 is 0 Å². The Bertz CT molecular complexity index is 541. The van der Waals surface area contributed by atoms with Gasteiger partial charge in [-0.2, -0.15) is 0 Å². The number of aryl methyl sites for hydroxylation is 3. The van der Waals surface area contributed by atoms with Crippen LogP contribution in [-0.4, -0.2) is 16.9 Å². The Hall–Kier alpha value is -1.88. The number of ether oxygens (including phenoxy) is 1. The van der Waals surface area contributed by atoms with Gasteiger partial charge in [0.2, 0.25) is 0 Å². The maximum Gasteiger partial charge on any atom is 0.145 e. The smallest absolute Gasteiger partial charge is 0.145 e. The largest absolute Gasteiger partial charge is 0.487 e. The van der Waals surface area contributed by atoms with Gasteiger partial charge in [0.1, 0.15) is 23.7 Å². The average Bonchev–Trinajstić information content (AvgIpc) is 2.74. The van der Waals surface area contributed by atoms with Crippen molar-refractivity contribution in [2.24, 2.45) is 5.73 Å². The summed E-state index contributed by atoms with van der Waals surface area (Å²) < 4.78 is 10.5. The van der Waals surface area contributed by atoms with E-state index in [-0.39, 0.29) is 0 Å². The molecule has 0 spiro atoms. The summed E-state index contributed by atoms with van der Waals surface area (Å²) in [4.78, 5) is 0. The van der Waals surface area contributed by atoms with Gasteiger partial charge in [0.15, 0.2) is 0 Å². The highest BCUT2D eigenvalue weighted by atomic mass is 16.6. The number of hydrogen-bond donors (Lipinski definition) is 1. The first-order valence-corrected chi connectivity index (χ1v) is 6.33. The van der Waals surface area contributed by atoms with Crippen LogP contribution in [0.15, 0.2) is 16.8 Å². The van der Waals surface area contributed by atoms with Crippen LogP contribution < -0.4 is 10.5 Å². The van der Waals surface area contributed by atoms with E-state index < -0.39 is 0 Å². The van der Waals surface area contributed by atoms with E-state index in [9.17, 15) is 0 Å². The van der Waals surface area contributed by atoms with E-state index in [1.807, 2.05) is 20.8 Å². The van der Waals surface area contributed by atoms with Crippen LogP contribution >= 0.6 is 0 Å². The molecule has 0 saturated carbocycles. The zero-order chi connectivity index (χ0) is 13.8. The van der Waals surface area contributed by atoms with Crippen molar-refractivity contribution in [2.75, 3.05) is 6.54 Å². The Morgan fingerprint density at radius 1 is 1.16 bits per heavy atom. The highest BCUT2D eigenvalue weighted by Gasteiger charge is 2.10. The van der Waals surface area contributed by atoms with E-state index in [0.717, 1.165) is 34.7 Å². The minimum absolute atomic E-state index is 0.368. The molecule has 0 saturated heterocycles. The monoisotopic (exact) mass is 261 g/mol. The van der Waals surface area contributed by atoms with E-state index in [4.69, 9.17) is 10.5 Å². The molecule has 19 heavy (non-hydrogen) atoms. The molecule has 0 atom stereocenters. The first-order valence-electron chi connectivity index (χ1n) is 6.33. The zero-order valence-electron chi connectivity index (χ0n) is 11.6. The first kappa shape index (κ1) is 13.5. The Balaban J connectivity index is 2.14. The number of benzene rings is 1. The van der Waals surface area contributed by atoms with Crippen LogP contribution in [0.4, 0.5) is 0 Å². The maximum absolute atomic E-state index is 5.83. The van der Waals surface area contributed by atoms with Gasteiger partial charge >= 0.3 is 0 Å². The molecule has 1 aromatic carbocycles. The summed E-state index contributed by atoms with van der Waals surface area (Å²) in [6.07, 6.45) is 0.883. The third-order valence-electron chi connectivity index (χ3n) is 3.05. The Morgan fingerprint density at radius 3 is 2.37 bits per heavy atom. The van der Waals surface area contributed by atoms with E-state index in [2.05, 4.69) is 27.1 Å². The summed E-state index contributed by atoms with van der Waals surface area (Å²) in [5.74, 6) is 0.892. The molecule has 2 rings (SSSR count). The number of rotatable bonds is 5. The van der Waals surface area contributed by atoms with Gasteiger partial charge in [-0.3, -0.25) is 0 Å². The normalized spacial score (nSPS) is 10.7. The van der Waals surface area contributed by atoms with Crippen molar-refractivity contribution in [3.05, 3.63) is 40.2 Å². The van der Waals surface area contributed by atoms with E-state index in [1.54, 1.807) is 0 Å². The van der Waals surface area contributed by atoms with Gasteiger partial charge in [0.25, 0.3) is 0 Å². The summed E-state index contributed by atoms with van der Waals surface area (Å²) in [6, 6.07) is 4.23. The van der Waals surface area contributed by atoms with Crippen LogP contribution in [0.3, 0.4) is 0 Å². The molecule has 5 nitrogen and oxygen atoms in total. The fourth-order valence-corrected chi connectivity index (χ4v) is 2.10. The summed E-state index contributed by atoms with van der Waals surface area (Å²) >= 11 is 0. The first-order chi connectivity index (χ1) is 9.11. The molecular weight excluding hydrogens is 242 g/mol. The van der Waals surface area contributed by atoms with Gasteiger partial charge in [-0.15, -0.1) is 0 Å². The van der Waals surface area contributed by atoms with E-state index in [1.165, 1.54) is 5.56 Å². The third kappa shape index (κ3) is 3.12. The van der Waals surface area contributed by atoms with Crippen molar-refractivity contribution in [3.63, 3.8) is 0 Å². The van der Waals surface area contributed by atoms with Crippen molar-refractivity contribution in [1.82, 2.24) is 10.3 Å². The zero-order valence-corrected chi connectivity index (χ0v) is 11.6. The number of nitrogens with zero attached hydrogens (tertiary/aromatic N) is 2. The maximum atomic E-state index is 5.83. The van der Waals surface area contributed by atoms with Crippen LogP contribution in [0.1, 0.15) is 28.1 Å². The number of hydrogen-bond acceptors (Lipinski definition) is 5. The molecular formula is C14H19N3O2. The summed E-state index contributed by atoms with van der Waals surface area (Å²) in [5.41, 5.74) is 10.5. The molecule has 0 aliphatic rings. The highest BCUT2D eigenvalue weighted by Crippen LogP contribution is 2.26. The number of aromatic nitrogens is 2. The molecule has 102 valence electrons. The van der Waals surface area contributed by atoms with Crippen LogP contribution in [0, 0.1) is 20.8 Å². The second-order valence-electron chi connectivity index (χ2n) is 4.68. The third-order valence-corrected chi connectivity index (χ3v) is 3.05. The van der Waals surface area contributed by atoms with Crippen molar-refractivity contribution in [2.45, 2.75) is 33.8 Å². The van der Waals surface area contributed by atoms with Gasteiger partial charge in [-0.25, -0.2) is 4.63 Å². The quantitative estimate of drug-likeness (QED) is 0.891. The van der Waals surface area contributed by atoms with Gasteiger partial charge in [-0.05, 0) is 50.4 Å². The standard InChI is InChI=1S/C14H19N3O2/c1-9-6-12(4-5-15)7-10(2)14(9)18-8-13-11(3)16-19-17-13/h6-7H,4-5,8,15H2,1-3H3. The lowest BCUT2D eigenvalue weighted by molar-refractivity contribution is 0.268. The highest BCUT2D eigenvalue weighted by molar-refractivity contribution is 5.43. The van der Waals surface area contributed by atoms with E-state index >= 15 is 0 Å². The van der Waals surface area contributed by atoms with Crippen LogP contribution in [-0.2, 0) is 13.0 Å². The minimum atomic E-state index is 0.368. The van der Waals surface area contributed by atoms with E-state index in [0.29, 0.717) is 13.2 Å². The molecule has 0 fully saturated rings. The van der Waals surface area contributed by atoms with Crippen LogP contribution in [0.2, 0.25) is 0 Å². The topological polar surface area (TPSA) is 74.2 Å². The number of nitrogens with two attached hydrogens (primary N) is 1.